The Morgan fingerprint density at radius 3 is 2.55 bits per heavy atom. The van der Waals surface area contributed by atoms with Crippen molar-refractivity contribution in [2.24, 2.45) is 5.92 Å². The number of sulfone groups is 1. The fourth-order valence-corrected chi connectivity index (χ4v) is 3.75. The topological polar surface area (TPSA) is 49.4 Å². The van der Waals surface area contributed by atoms with Crippen LogP contribution in [-0.4, -0.2) is 56.5 Å². The van der Waals surface area contributed by atoms with E-state index in [-0.39, 0.29) is 5.75 Å². The van der Waals surface area contributed by atoms with Gasteiger partial charge in [-0.3, -0.25) is 4.90 Å². The monoisotopic (exact) mass is 304 g/mol. The molecule has 1 N–H and O–H groups in total. The van der Waals surface area contributed by atoms with Crippen LogP contribution in [0, 0.1) is 5.92 Å². The molecule has 4 nitrogen and oxygen atoms in total. The van der Waals surface area contributed by atoms with Gasteiger partial charge in [-0.1, -0.05) is 34.1 Å². The van der Waals surface area contributed by atoms with E-state index < -0.39 is 9.84 Å². The Kier molecular flexibility index (Phi) is 7.48. The normalized spacial score (nSPS) is 26.6. The maximum absolute atomic E-state index is 11.6. The summed E-state index contributed by atoms with van der Waals surface area (Å²) in [6.07, 6.45) is 3.07. The van der Waals surface area contributed by atoms with Gasteiger partial charge >= 0.3 is 0 Å². The molecule has 5 heteroatoms. The third kappa shape index (κ3) is 5.34. The van der Waals surface area contributed by atoms with Crippen LogP contribution >= 0.6 is 0 Å². The predicted molar refractivity (Wildman–Crippen MR) is 85.8 cm³/mol. The van der Waals surface area contributed by atoms with Crippen molar-refractivity contribution in [3.63, 3.8) is 0 Å². The van der Waals surface area contributed by atoms with Crippen LogP contribution in [0.5, 0.6) is 0 Å². The van der Waals surface area contributed by atoms with Crippen molar-refractivity contribution in [1.29, 1.82) is 0 Å². The van der Waals surface area contributed by atoms with Gasteiger partial charge in [0.2, 0.25) is 0 Å². The first-order valence-electron chi connectivity index (χ1n) is 8.11. The molecule has 0 aliphatic carbocycles. The van der Waals surface area contributed by atoms with E-state index in [1.165, 1.54) is 6.42 Å². The van der Waals surface area contributed by atoms with Gasteiger partial charge in [-0.25, -0.2) is 8.42 Å². The number of hydrogen-bond donors (Lipinski definition) is 1. The molecule has 1 rings (SSSR count). The predicted octanol–water partition coefficient (Wildman–Crippen LogP) is 1.91. The molecular weight excluding hydrogens is 272 g/mol. The fraction of sp³-hybridized carbons (Fsp3) is 1.00. The van der Waals surface area contributed by atoms with E-state index in [9.17, 15) is 8.42 Å². The van der Waals surface area contributed by atoms with Crippen molar-refractivity contribution in [3.05, 3.63) is 0 Å². The van der Waals surface area contributed by atoms with Crippen LogP contribution in [0.3, 0.4) is 0 Å². The highest BCUT2D eigenvalue weighted by atomic mass is 32.2. The van der Waals surface area contributed by atoms with Gasteiger partial charge in [-0.15, -0.1) is 0 Å². The molecule has 120 valence electrons. The second-order valence-corrected chi connectivity index (χ2v) is 8.52. The van der Waals surface area contributed by atoms with Crippen LogP contribution in [-0.2, 0) is 9.84 Å². The first-order chi connectivity index (χ1) is 9.43. The summed E-state index contributed by atoms with van der Waals surface area (Å²) in [5, 5.41) is 3.62. The number of hydrogen-bond acceptors (Lipinski definition) is 4. The number of nitrogens with one attached hydrogen (secondary N) is 1. The first kappa shape index (κ1) is 17.9. The molecule has 1 fully saturated rings. The summed E-state index contributed by atoms with van der Waals surface area (Å²) >= 11 is 0. The van der Waals surface area contributed by atoms with E-state index in [1.807, 2.05) is 0 Å². The summed E-state index contributed by atoms with van der Waals surface area (Å²) in [5.74, 6) is 1.25. The average molecular weight is 305 g/mol. The summed E-state index contributed by atoms with van der Waals surface area (Å²) in [5.41, 5.74) is 0. The molecule has 0 aromatic carbocycles. The van der Waals surface area contributed by atoms with E-state index in [4.69, 9.17) is 0 Å². The van der Waals surface area contributed by atoms with Gasteiger partial charge in [0.15, 0.2) is 0 Å². The zero-order chi connectivity index (χ0) is 15.2. The van der Waals surface area contributed by atoms with Crippen LogP contribution in [0.1, 0.15) is 47.0 Å². The van der Waals surface area contributed by atoms with E-state index in [0.717, 1.165) is 32.5 Å². The summed E-state index contributed by atoms with van der Waals surface area (Å²) in [4.78, 5) is 2.52. The minimum Gasteiger partial charge on any atom is -0.311 e. The van der Waals surface area contributed by atoms with Gasteiger partial charge < -0.3 is 5.32 Å². The molecule has 0 aromatic rings. The molecule has 0 radical (unpaired) electrons. The molecule has 0 aromatic heterocycles. The quantitative estimate of drug-likeness (QED) is 0.744. The molecule has 1 heterocycles. The van der Waals surface area contributed by atoms with Crippen molar-refractivity contribution in [1.82, 2.24) is 10.2 Å². The standard InChI is InChI=1S/C15H32N2O2S/c1-5-13(4)15-11-16-14(6-2)12-17(15)9-8-10-20(18,19)7-3/h13-16H,5-12H2,1-4H3. The lowest BCUT2D eigenvalue weighted by molar-refractivity contribution is 0.0907. The number of rotatable bonds is 8. The molecule has 0 amide bonds. The summed E-state index contributed by atoms with van der Waals surface area (Å²) < 4.78 is 23.2. The van der Waals surface area contributed by atoms with Gasteiger partial charge in [-0.2, -0.15) is 0 Å². The Morgan fingerprint density at radius 2 is 2.00 bits per heavy atom. The van der Waals surface area contributed by atoms with Gasteiger partial charge in [0.25, 0.3) is 0 Å². The highest BCUT2D eigenvalue weighted by Gasteiger charge is 2.29. The molecule has 1 aliphatic rings. The minimum absolute atomic E-state index is 0.265. The van der Waals surface area contributed by atoms with Crippen molar-refractivity contribution in [2.45, 2.75) is 59.0 Å². The molecule has 0 spiro atoms. The van der Waals surface area contributed by atoms with Crippen LogP contribution in [0.25, 0.3) is 0 Å². The Bertz CT molecular complexity index is 370. The largest absolute Gasteiger partial charge is 0.311 e. The van der Waals surface area contributed by atoms with Crippen molar-refractivity contribution >= 4 is 9.84 Å². The second-order valence-electron chi connectivity index (χ2n) is 6.05. The SMILES string of the molecule is CCC1CN(CCCS(=O)(=O)CC)C(C(C)CC)CN1. The van der Waals surface area contributed by atoms with Crippen LogP contribution in [0.2, 0.25) is 0 Å². The average Bonchev–Trinajstić information content (AvgIpc) is 2.46. The zero-order valence-corrected chi connectivity index (χ0v) is 14.4. The van der Waals surface area contributed by atoms with Gasteiger partial charge in [-0.05, 0) is 25.3 Å². The lowest BCUT2D eigenvalue weighted by atomic mass is 9.94. The molecule has 1 saturated heterocycles. The molecular formula is C15H32N2O2S. The molecule has 3 atom stereocenters. The van der Waals surface area contributed by atoms with E-state index in [0.29, 0.717) is 23.8 Å². The fourth-order valence-electron chi connectivity index (χ4n) is 2.90. The smallest absolute Gasteiger partial charge is 0.150 e. The number of piperazine rings is 1. The van der Waals surface area contributed by atoms with Gasteiger partial charge in [0, 0.05) is 30.9 Å². The van der Waals surface area contributed by atoms with Crippen molar-refractivity contribution < 1.29 is 8.42 Å². The maximum Gasteiger partial charge on any atom is 0.150 e. The van der Waals surface area contributed by atoms with Crippen LogP contribution in [0.4, 0.5) is 0 Å². The van der Waals surface area contributed by atoms with Crippen molar-refractivity contribution in [2.75, 3.05) is 31.1 Å². The molecule has 20 heavy (non-hydrogen) atoms. The summed E-state index contributed by atoms with van der Waals surface area (Å²) in [6, 6.07) is 1.10. The highest BCUT2D eigenvalue weighted by Crippen LogP contribution is 2.19. The zero-order valence-electron chi connectivity index (χ0n) is 13.6. The van der Waals surface area contributed by atoms with Gasteiger partial charge in [0.1, 0.15) is 9.84 Å². The first-order valence-corrected chi connectivity index (χ1v) is 9.93. The second kappa shape index (κ2) is 8.35. The summed E-state index contributed by atoms with van der Waals surface area (Å²) in [7, 11) is -2.82. The molecule has 0 bridgehead atoms. The lowest BCUT2D eigenvalue weighted by Gasteiger charge is -2.43. The Balaban J connectivity index is 2.55. The minimum atomic E-state index is -2.82. The molecule has 0 saturated carbocycles. The molecule has 1 aliphatic heterocycles. The van der Waals surface area contributed by atoms with E-state index in [1.54, 1.807) is 6.92 Å². The molecule has 3 unspecified atom stereocenters. The van der Waals surface area contributed by atoms with E-state index >= 15 is 0 Å². The third-order valence-corrected chi connectivity index (χ3v) is 6.46. The summed E-state index contributed by atoms with van der Waals surface area (Å²) in [6.45, 7) is 11.5. The van der Waals surface area contributed by atoms with Gasteiger partial charge in [0.05, 0.1) is 5.75 Å². The Morgan fingerprint density at radius 1 is 1.30 bits per heavy atom. The van der Waals surface area contributed by atoms with Crippen molar-refractivity contribution in [3.8, 4) is 0 Å². The Labute approximate surface area is 125 Å². The van der Waals surface area contributed by atoms with Crippen LogP contribution < -0.4 is 5.32 Å². The Hall–Kier alpha value is -0.130. The highest BCUT2D eigenvalue weighted by molar-refractivity contribution is 7.91. The third-order valence-electron chi connectivity index (χ3n) is 4.67. The maximum atomic E-state index is 11.6. The lowest BCUT2D eigenvalue weighted by Crippen LogP contribution is -2.58. The van der Waals surface area contributed by atoms with E-state index in [2.05, 4.69) is 31.0 Å². The number of nitrogens with zero attached hydrogens (tertiary/aromatic N) is 1. The van der Waals surface area contributed by atoms with Crippen LogP contribution in [0.15, 0.2) is 0 Å².